The average Bonchev–Trinajstić information content (AvgIpc) is 2.56. The van der Waals surface area contributed by atoms with Gasteiger partial charge >= 0.3 is 0 Å². The second kappa shape index (κ2) is 3.37. The van der Waals surface area contributed by atoms with E-state index in [1.807, 2.05) is 12.1 Å². The fourth-order valence-electron chi connectivity index (χ4n) is 1.19. The van der Waals surface area contributed by atoms with Crippen molar-refractivity contribution in [3.05, 3.63) is 36.0 Å². The maximum Gasteiger partial charge on any atom is 0.142 e. The number of anilines is 1. The molecule has 5 nitrogen and oxygen atoms in total. The molecular formula is C9H10N4O. The summed E-state index contributed by atoms with van der Waals surface area (Å²) in [6.45, 7) is 0.429. The van der Waals surface area contributed by atoms with Crippen molar-refractivity contribution in [1.82, 2.24) is 15.0 Å². The molecule has 0 saturated heterocycles. The summed E-state index contributed by atoms with van der Waals surface area (Å²) < 4.78 is 1.52. The van der Waals surface area contributed by atoms with Crippen LogP contribution in [0.25, 0.3) is 0 Å². The molecule has 0 radical (unpaired) electrons. The lowest BCUT2D eigenvalue weighted by atomic mass is 10.2. The highest BCUT2D eigenvalue weighted by Crippen LogP contribution is 2.17. The molecule has 0 fully saturated rings. The maximum atomic E-state index is 9.50. The van der Waals surface area contributed by atoms with Crippen LogP contribution in [0.1, 0.15) is 5.56 Å². The second-order valence-electron chi connectivity index (χ2n) is 2.95. The first-order valence-electron chi connectivity index (χ1n) is 4.18. The molecule has 0 saturated carbocycles. The van der Waals surface area contributed by atoms with Gasteiger partial charge in [-0.25, -0.2) is 4.68 Å². The van der Waals surface area contributed by atoms with E-state index in [0.717, 1.165) is 5.56 Å². The van der Waals surface area contributed by atoms with E-state index in [9.17, 15) is 5.11 Å². The highest BCUT2D eigenvalue weighted by molar-refractivity contribution is 5.33. The van der Waals surface area contributed by atoms with Crippen LogP contribution >= 0.6 is 0 Å². The van der Waals surface area contributed by atoms with Crippen LogP contribution in [0, 0.1) is 0 Å². The monoisotopic (exact) mass is 190 g/mol. The summed E-state index contributed by atoms with van der Waals surface area (Å²) in [6.07, 6.45) is 1.47. The normalized spacial score (nSPS) is 10.3. The Labute approximate surface area is 80.8 Å². The van der Waals surface area contributed by atoms with Gasteiger partial charge in [0, 0.05) is 5.56 Å². The van der Waals surface area contributed by atoms with Gasteiger partial charge in [0.1, 0.15) is 11.6 Å². The molecule has 0 aliphatic carbocycles. The summed E-state index contributed by atoms with van der Waals surface area (Å²) in [7, 11) is 0. The topological polar surface area (TPSA) is 77.0 Å². The smallest absolute Gasteiger partial charge is 0.142 e. The fourth-order valence-corrected chi connectivity index (χ4v) is 1.19. The predicted molar refractivity (Wildman–Crippen MR) is 51.6 cm³/mol. The second-order valence-corrected chi connectivity index (χ2v) is 2.95. The van der Waals surface area contributed by atoms with Crippen LogP contribution in [-0.2, 0) is 6.54 Å². The molecule has 3 N–H and O–H groups in total. The molecule has 1 aromatic carbocycles. The van der Waals surface area contributed by atoms with Gasteiger partial charge in [-0.05, 0) is 6.07 Å². The lowest BCUT2D eigenvalue weighted by molar-refractivity contribution is 0.463. The Bertz CT molecular complexity index is 438. The fraction of sp³-hybridized carbons (Fsp3) is 0.111. The third kappa shape index (κ3) is 1.52. The lowest BCUT2D eigenvalue weighted by Gasteiger charge is -2.04. The summed E-state index contributed by atoms with van der Waals surface area (Å²) in [5.41, 5.74) is 6.36. The highest BCUT2D eigenvalue weighted by Gasteiger charge is 2.03. The first kappa shape index (κ1) is 8.55. The Morgan fingerprint density at radius 3 is 2.79 bits per heavy atom. The first-order valence-corrected chi connectivity index (χ1v) is 4.18. The standard InChI is InChI=1S/C9H10N4O/c10-9-5-11-12-13(9)6-7-3-1-2-4-8(7)14/h1-5,14H,6,10H2. The van der Waals surface area contributed by atoms with Crippen molar-refractivity contribution in [2.45, 2.75) is 6.54 Å². The van der Waals surface area contributed by atoms with Crippen molar-refractivity contribution in [3.63, 3.8) is 0 Å². The van der Waals surface area contributed by atoms with Gasteiger partial charge in [-0.2, -0.15) is 0 Å². The number of nitrogen functional groups attached to an aromatic ring is 1. The van der Waals surface area contributed by atoms with Crippen LogP contribution in [0.3, 0.4) is 0 Å². The van der Waals surface area contributed by atoms with E-state index in [2.05, 4.69) is 10.3 Å². The third-order valence-electron chi connectivity index (χ3n) is 1.96. The maximum absolute atomic E-state index is 9.50. The third-order valence-corrected chi connectivity index (χ3v) is 1.96. The minimum atomic E-state index is 0.238. The van der Waals surface area contributed by atoms with Crippen molar-refractivity contribution in [2.75, 3.05) is 5.73 Å². The number of hydrogen-bond acceptors (Lipinski definition) is 4. The van der Waals surface area contributed by atoms with Crippen molar-refractivity contribution in [1.29, 1.82) is 0 Å². The highest BCUT2D eigenvalue weighted by atomic mass is 16.3. The summed E-state index contributed by atoms with van der Waals surface area (Å²) >= 11 is 0. The predicted octanol–water partition coefficient (Wildman–Crippen LogP) is 0.614. The van der Waals surface area contributed by atoms with Crippen LogP contribution in [-0.4, -0.2) is 20.1 Å². The van der Waals surface area contributed by atoms with Crippen molar-refractivity contribution in [2.24, 2.45) is 0 Å². The van der Waals surface area contributed by atoms with Crippen LogP contribution in [0.5, 0.6) is 5.75 Å². The molecule has 2 rings (SSSR count). The summed E-state index contributed by atoms with van der Waals surface area (Å²) in [5.74, 6) is 0.718. The van der Waals surface area contributed by atoms with Gasteiger partial charge in [0.25, 0.3) is 0 Å². The van der Waals surface area contributed by atoms with E-state index in [4.69, 9.17) is 5.73 Å². The number of aromatic hydroxyl groups is 1. The molecular weight excluding hydrogens is 180 g/mol. The number of phenols is 1. The van der Waals surface area contributed by atoms with Gasteiger partial charge < -0.3 is 10.8 Å². The Kier molecular flexibility index (Phi) is 2.06. The van der Waals surface area contributed by atoms with E-state index in [1.165, 1.54) is 10.9 Å². The van der Waals surface area contributed by atoms with Gasteiger partial charge in [-0.3, -0.25) is 0 Å². The zero-order valence-electron chi connectivity index (χ0n) is 7.46. The van der Waals surface area contributed by atoms with Crippen molar-refractivity contribution in [3.8, 4) is 5.75 Å². The van der Waals surface area contributed by atoms with Crippen molar-refractivity contribution < 1.29 is 5.11 Å². The Morgan fingerprint density at radius 1 is 1.36 bits per heavy atom. The number of phenolic OH excluding ortho intramolecular Hbond substituents is 1. The zero-order chi connectivity index (χ0) is 9.97. The summed E-state index contributed by atoms with van der Waals surface area (Å²) in [4.78, 5) is 0. The van der Waals surface area contributed by atoms with Crippen LogP contribution in [0.2, 0.25) is 0 Å². The summed E-state index contributed by atoms with van der Waals surface area (Å²) in [6, 6.07) is 7.06. The van der Waals surface area contributed by atoms with E-state index < -0.39 is 0 Å². The molecule has 5 heteroatoms. The molecule has 0 aliphatic rings. The molecule has 0 bridgehead atoms. The number of rotatable bonds is 2. The number of aromatic nitrogens is 3. The molecule has 0 unspecified atom stereocenters. The Balaban J connectivity index is 2.28. The molecule has 2 aromatic rings. The van der Waals surface area contributed by atoms with Gasteiger partial charge in [0.05, 0.1) is 12.7 Å². The first-order chi connectivity index (χ1) is 6.77. The van der Waals surface area contributed by atoms with E-state index in [1.54, 1.807) is 12.1 Å². The molecule has 0 amide bonds. The Morgan fingerprint density at radius 2 is 2.14 bits per heavy atom. The number of para-hydroxylation sites is 1. The van der Waals surface area contributed by atoms with Gasteiger partial charge in [-0.15, -0.1) is 5.10 Å². The number of nitrogens with two attached hydrogens (primary N) is 1. The van der Waals surface area contributed by atoms with Crippen LogP contribution < -0.4 is 5.73 Å². The van der Waals surface area contributed by atoms with E-state index >= 15 is 0 Å². The van der Waals surface area contributed by atoms with E-state index in [0.29, 0.717) is 12.4 Å². The molecule has 0 spiro atoms. The minimum Gasteiger partial charge on any atom is -0.508 e. The SMILES string of the molecule is Nc1cnnn1Cc1ccccc1O. The largest absolute Gasteiger partial charge is 0.508 e. The number of nitrogens with zero attached hydrogens (tertiary/aromatic N) is 3. The van der Waals surface area contributed by atoms with Gasteiger partial charge in [0.15, 0.2) is 0 Å². The Hall–Kier alpha value is -2.04. The molecule has 1 heterocycles. The quantitative estimate of drug-likeness (QED) is 0.727. The molecule has 0 atom stereocenters. The molecule has 14 heavy (non-hydrogen) atoms. The number of benzene rings is 1. The summed E-state index contributed by atoms with van der Waals surface area (Å²) in [5, 5.41) is 16.9. The molecule has 1 aromatic heterocycles. The van der Waals surface area contributed by atoms with E-state index in [-0.39, 0.29) is 5.75 Å². The van der Waals surface area contributed by atoms with Gasteiger partial charge in [0.2, 0.25) is 0 Å². The van der Waals surface area contributed by atoms with Crippen molar-refractivity contribution >= 4 is 5.82 Å². The molecule has 0 aliphatic heterocycles. The number of hydrogen-bond donors (Lipinski definition) is 2. The van der Waals surface area contributed by atoms with Crippen LogP contribution in [0.15, 0.2) is 30.5 Å². The molecule has 72 valence electrons. The van der Waals surface area contributed by atoms with Gasteiger partial charge in [-0.1, -0.05) is 23.4 Å². The minimum absolute atomic E-state index is 0.238. The zero-order valence-corrected chi connectivity index (χ0v) is 7.46. The average molecular weight is 190 g/mol. The van der Waals surface area contributed by atoms with Crippen LogP contribution in [0.4, 0.5) is 5.82 Å². The lowest BCUT2D eigenvalue weighted by Crippen LogP contribution is -2.05.